The molecule has 0 bridgehead atoms. The average Bonchev–Trinajstić information content (AvgIpc) is 3.11. The molecule has 0 aliphatic carbocycles. The van der Waals surface area contributed by atoms with Gasteiger partial charge in [0.15, 0.2) is 0 Å². The Morgan fingerprint density at radius 3 is 2.62 bits per heavy atom. The van der Waals surface area contributed by atoms with Gasteiger partial charge in [0.25, 0.3) is 0 Å². The van der Waals surface area contributed by atoms with Crippen molar-refractivity contribution in [3.8, 4) is 11.1 Å². The molecule has 1 aromatic heterocycles. The van der Waals surface area contributed by atoms with Crippen LogP contribution >= 0.6 is 11.3 Å². The third kappa shape index (κ3) is 5.18. The molecule has 0 aliphatic rings. The fourth-order valence-electron chi connectivity index (χ4n) is 2.74. The quantitative estimate of drug-likeness (QED) is 0.420. The lowest BCUT2D eigenvalue weighted by Gasteiger charge is -2.08. The first-order valence-electron chi connectivity index (χ1n) is 9.08. The van der Waals surface area contributed by atoms with Crippen LogP contribution in [0.15, 0.2) is 60.0 Å². The Labute approximate surface area is 172 Å². The second kappa shape index (κ2) is 9.30. The van der Waals surface area contributed by atoms with Gasteiger partial charge in [-0.05, 0) is 43.2 Å². The number of hydrogen-bond donors (Lipinski definition) is 1. The Hall–Kier alpha value is -3.25. The van der Waals surface area contributed by atoms with Gasteiger partial charge >= 0.3 is 5.97 Å². The number of anilines is 1. The van der Waals surface area contributed by atoms with Crippen molar-refractivity contribution in [1.29, 1.82) is 0 Å². The van der Waals surface area contributed by atoms with Crippen LogP contribution in [0.1, 0.15) is 28.4 Å². The zero-order valence-corrected chi connectivity index (χ0v) is 16.9. The minimum atomic E-state index is -0.492. The minimum Gasteiger partial charge on any atom is -0.462 e. The molecule has 0 saturated heterocycles. The van der Waals surface area contributed by atoms with Gasteiger partial charge in [0.1, 0.15) is 16.4 Å². The molecule has 0 atom stereocenters. The molecule has 1 heterocycles. The SMILES string of the molecule is CCOC(=O)c1c(-c2ccc(C)cc2)csc1NC(=O)/C=C/c1cccc(F)c1. The third-order valence-corrected chi connectivity index (χ3v) is 5.04. The molecule has 4 nitrogen and oxygen atoms in total. The topological polar surface area (TPSA) is 55.4 Å². The van der Waals surface area contributed by atoms with Gasteiger partial charge in [-0.3, -0.25) is 4.79 Å². The number of hydrogen-bond acceptors (Lipinski definition) is 4. The van der Waals surface area contributed by atoms with E-state index in [9.17, 15) is 14.0 Å². The molecule has 3 aromatic rings. The average molecular weight is 409 g/mol. The molecule has 6 heteroatoms. The molecular formula is C23H20FNO3S. The first kappa shape index (κ1) is 20.5. The van der Waals surface area contributed by atoms with Crippen molar-refractivity contribution < 1.29 is 18.7 Å². The monoisotopic (exact) mass is 409 g/mol. The fraction of sp³-hybridized carbons (Fsp3) is 0.130. The summed E-state index contributed by atoms with van der Waals surface area (Å²) in [6, 6.07) is 13.7. The Morgan fingerprint density at radius 2 is 1.93 bits per heavy atom. The van der Waals surface area contributed by atoms with E-state index in [-0.39, 0.29) is 12.4 Å². The fourth-order valence-corrected chi connectivity index (χ4v) is 3.70. The van der Waals surface area contributed by atoms with Gasteiger partial charge in [-0.25, -0.2) is 9.18 Å². The molecular weight excluding hydrogens is 389 g/mol. The summed E-state index contributed by atoms with van der Waals surface area (Å²) in [6.07, 6.45) is 2.81. The van der Waals surface area contributed by atoms with Crippen LogP contribution in [-0.2, 0) is 9.53 Å². The highest BCUT2D eigenvalue weighted by atomic mass is 32.1. The molecule has 1 amide bonds. The highest BCUT2D eigenvalue weighted by Crippen LogP contribution is 2.36. The highest BCUT2D eigenvalue weighted by Gasteiger charge is 2.22. The predicted octanol–water partition coefficient (Wildman–Crippen LogP) is 5.69. The maximum Gasteiger partial charge on any atom is 0.341 e. The number of carbonyl (C=O) groups is 2. The smallest absolute Gasteiger partial charge is 0.341 e. The number of nitrogens with one attached hydrogen (secondary N) is 1. The molecule has 0 spiro atoms. The summed E-state index contributed by atoms with van der Waals surface area (Å²) in [5.74, 6) is -1.29. The lowest BCUT2D eigenvalue weighted by molar-refractivity contribution is -0.111. The number of rotatable bonds is 6. The van der Waals surface area contributed by atoms with E-state index in [1.165, 1.54) is 35.6 Å². The van der Waals surface area contributed by atoms with Gasteiger partial charge in [-0.2, -0.15) is 0 Å². The largest absolute Gasteiger partial charge is 0.462 e. The predicted molar refractivity (Wildman–Crippen MR) is 115 cm³/mol. The van der Waals surface area contributed by atoms with Crippen LogP contribution in [0.25, 0.3) is 17.2 Å². The van der Waals surface area contributed by atoms with E-state index in [0.717, 1.165) is 11.1 Å². The van der Waals surface area contributed by atoms with Crippen LogP contribution in [0.5, 0.6) is 0 Å². The first-order valence-corrected chi connectivity index (χ1v) is 9.96. The van der Waals surface area contributed by atoms with Crippen molar-refractivity contribution in [2.45, 2.75) is 13.8 Å². The van der Waals surface area contributed by atoms with Gasteiger partial charge in [0.2, 0.25) is 5.91 Å². The second-order valence-corrected chi connectivity index (χ2v) is 7.20. The number of thiophene rings is 1. The second-order valence-electron chi connectivity index (χ2n) is 6.32. The molecule has 1 N–H and O–H groups in total. The van der Waals surface area contributed by atoms with Crippen molar-refractivity contribution in [2.75, 3.05) is 11.9 Å². The van der Waals surface area contributed by atoms with E-state index >= 15 is 0 Å². The van der Waals surface area contributed by atoms with Crippen LogP contribution in [0.4, 0.5) is 9.39 Å². The number of carbonyl (C=O) groups excluding carboxylic acids is 2. The Balaban J connectivity index is 1.87. The van der Waals surface area contributed by atoms with Crippen LogP contribution in [0.3, 0.4) is 0 Å². The summed E-state index contributed by atoms with van der Waals surface area (Å²) in [5.41, 5.74) is 3.58. The van der Waals surface area contributed by atoms with Gasteiger partial charge < -0.3 is 10.1 Å². The number of halogens is 1. The summed E-state index contributed by atoms with van der Waals surface area (Å²) in [5, 5.41) is 4.97. The van der Waals surface area contributed by atoms with Gasteiger partial charge in [-0.1, -0.05) is 42.0 Å². The maximum atomic E-state index is 13.3. The summed E-state index contributed by atoms with van der Waals surface area (Å²) >= 11 is 1.26. The van der Waals surface area contributed by atoms with E-state index in [2.05, 4.69) is 5.32 Å². The molecule has 0 saturated carbocycles. The van der Waals surface area contributed by atoms with Crippen molar-refractivity contribution in [1.82, 2.24) is 0 Å². The lowest BCUT2D eigenvalue weighted by Crippen LogP contribution is -2.12. The molecule has 0 radical (unpaired) electrons. The molecule has 148 valence electrons. The first-order chi connectivity index (χ1) is 14.0. The zero-order valence-electron chi connectivity index (χ0n) is 16.1. The normalized spacial score (nSPS) is 10.9. The summed E-state index contributed by atoms with van der Waals surface area (Å²) < 4.78 is 18.5. The number of aryl methyl sites for hydroxylation is 1. The van der Waals surface area contributed by atoms with Crippen molar-refractivity contribution >= 4 is 34.3 Å². The standard InChI is InChI=1S/C23H20FNO3S/c1-3-28-23(27)21-19(17-10-7-15(2)8-11-17)14-29-22(21)25-20(26)12-9-16-5-4-6-18(24)13-16/h4-14H,3H2,1-2H3,(H,25,26)/b12-9+. The lowest BCUT2D eigenvalue weighted by atomic mass is 10.0. The molecule has 2 aromatic carbocycles. The highest BCUT2D eigenvalue weighted by molar-refractivity contribution is 7.15. The number of benzene rings is 2. The molecule has 0 aliphatic heterocycles. The third-order valence-electron chi connectivity index (χ3n) is 4.15. The van der Waals surface area contributed by atoms with Crippen LogP contribution in [0.2, 0.25) is 0 Å². The summed E-state index contributed by atoms with van der Waals surface area (Å²) in [6.45, 7) is 3.95. The summed E-state index contributed by atoms with van der Waals surface area (Å²) in [4.78, 5) is 24.9. The van der Waals surface area contributed by atoms with Gasteiger partial charge in [-0.15, -0.1) is 11.3 Å². The molecule has 29 heavy (non-hydrogen) atoms. The molecule has 0 fully saturated rings. The van der Waals surface area contributed by atoms with Crippen LogP contribution in [0, 0.1) is 12.7 Å². The molecule has 3 rings (SSSR count). The zero-order chi connectivity index (χ0) is 20.8. The van der Waals surface area contributed by atoms with Gasteiger partial charge in [0.05, 0.1) is 6.61 Å². The van der Waals surface area contributed by atoms with E-state index < -0.39 is 11.9 Å². The Bertz CT molecular complexity index is 1050. The van der Waals surface area contributed by atoms with E-state index in [1.807, 2.05) is 36.6 Å². The van der Waals surface area contributed by atoms with Crippen molar-refractivity contribution in [3.63, 3.8) is 0 Å². The molecule has 0 unspecified atom stereocenters. The number of ether oxygens (including phenoxy) is 1. The minimum absolute atomic E-state index is 0.231. The number of amides is 1. The van der Waals surface area contributed by atoms with E-state index in [1.54, 1.807) is 19.1 Å². The maximum absolute atomic E-state index is 13.3. The van der Waals surface area contributed by atoms with Crippen LogP contribution < -0.4 is 5.32 Å². The Morgan fingerprint density at radius 1 is 1.17 bits per heavy atom. The summed E-state index contributed by atoms with van der Waals surface area (Å²) in [7, 11) is 0. The van der Waals surface area contributed by atoms with Gasteiger partial charge in [0, 0.05) is 17.0 Å². The Kier molecular flexibility index (Phi) is 6.57. The van der Waals surface area contributed by atoms with Crippen LogP contribution in [-0.4, -0.2) is 18.5 Å². The van der Waals surface area contributed by atoms with Crippen molar-refractivity contribution in [2.24, 2.45) is 0 Å². The number of esters is 1. The van der Waals surface area contributed by atoms with E-state index in [0.29, 0.717) is 21.7 Å². The van der Waals surface area contributed by atoms with E-state index in [4.69, 9.17) is 4.74 Å². The van der Waals surface area contributed by atoms with Crippen molar-refractivity contribution in [3.05, 3.63) is 82.5 Å².